The number of benzene rings is 1. The molecule has 0 atom stereocenters. The quantitative estimate of drug-likeness (QED) is 0.580. The van der Waals surface area contributed by atoms with E-state index in [2.05, 4.69) is 6.07 Å². The highest BCUT2D eigenvalue weighted by Crippen LogP contribution is 2.15. The molecule has 1 rings (SSSR count). The van der Waals surface area contributed by atoms with Crippen molar-refractivity contribution in [2.75, 3.05) is 0 Å². The molecule has 64 valence electrons. The molecule has 1 aromatic carbocycles. The van der Waals surface area contributed by atoms with E-state index in [1.165, 1.54) is 5.56 Å². The van der Waals surface area contributed by atoms with Gasteiger partial charge >= 0.3 is 0 Å². The van der Waals surface area contributed by atoms with Gasteiger partial charge in [0, 0.05) is 5.56 Å². The predicted molar refractivity (Wildman–Crippen MR) is 50.7 cm³/mol. The Hall–Kier alpha value is -1.11. The van der Waals surface area contributed by atoms with Crippen molar-refractivity contribution in [2.45, 2.75) is 27.7 Å². The third kappa shape index (κ3) is 1.55. The largest absolute Gasteiger partial charge is 0.295 e. The van der Waals surface area contributed by atoms with Crippen molar-refractivity contribution in [1.82, 2.24) is 0 Å². The molecule has 0 spiro atoms. The molecule has 1 nitrogen and oxygen atoms in total. The summed E-state index contributed by atoms with van der Waals surface area (Å²) >= 11 is 0. The minimum atomic E-state index is 0.152. The molecule has 0 N–H and O–H groups in total. The molecule has 0 saturated carbocycles. The van der Waals surface area contributed by atoms with Crippen LogP contribution in [0.2, 0.25) is 0 Å². The maximum absolute atomic E-state index is 11.2. The van der Waals surface area contributed by atoms with Gasteiger partial charge in [-0.3, -0.25) is 4.79 Å². The van der Waals surface area contributed by atoms with Gasteiger partial charge in [0.2, 0.25) is 0 Å². The molecule has 0 aliphatic carbocycles. The highest BCUT2D eigenvalue weighted by atomic mass is 16.1. The van der Waals surface area contributed by atoms with Crippen LogP contribution in [0.3, 0.4) is 0 Å². The molecular weight excluding hydrogens is 148 g/mol. The normalized spacial score (nSPS) is 10.0. The standard InChI is InChI=1S/C11H14O/c1-7-5-8(2)9(3)11(6-7)10(4)12/h5-6H,1-4H3. The smallest absolute Gasteiger partial charge is 0.160 e. The predicted octanol–water partition coefficient (Wildman–Crippen LogP) is 2.81. The molecule has 1 aromatic rings. The monoisotopic (exact) mass is 162 g/mol. The van der Waals surface area contributed by atoms with Gasteiger partial charge in [-0.25, -0.2) is 0 Å². The van der Waals surface area contributed by atoms with E-state index in [0.29, 0.717) is 0 Å². The van der Waals surface area contributed by atoms with Crippen LogP contribution in [0.25, 0.3) is 0 Å². The lowest BCUT2D eigenvalue weighted by Gasteiger charge is -2.06. The summed E-state index contributed by atoms with van der Waals surface area (Å²) in [7, 11) is 0. The maximum atomic E-state index is 11.2. The van der Waals surface area contributed by atoms with Crippen molar-refractivity contribution < 1.29 is 4.79 Å². The number of hydrogen-bond donors (Lipinski definition) is 0. The fourth-order valence-electron chi connectivity index (χ4n) is 1.41. The summed E-state index contributed by atoms with van der Waals surface area (Å²) in [5, 5.41) is 0. The van der Waals surface area contributed by atoms with Crippen LogP contribution >= 0.6 is 0 Å². The number of carbonyl (C=O) groups excluding carboxylic acids is 1. The first-order chi connectivity index (χ1) is 5.52. The van der Waals surface area contributed by atoms with E-state index in [1.807, 2.05) is 26.8 Å². The second-order valence-corrected chi connectivity index (χ2v) is 3.31. The van der Waals surface area contributed by atoms with Crippen molar-refractivity contribution >= 4 is 5.78 Å². The number of aryl methyl sites for hydroxylation is 2. The Morgan fingerprint density at radius 3 is 2.25 bits per heavy atom. The van der Waals surface area contributed by atoms with Gasteiger partial charge in [-0.15, -0.1) is 0 Å². The summed E-state index contributed by atoms with van der Waals surface area (Å²) in [6.07, 6.45) is 0. The molecular formula is C11H14O. The highest BCUT2D eigenvalue weighted by Gasteiger charge is 2.05. The third-order valence-corrected chi connectivity index (χ3v) is 2.19. The van der Waals surface area contributed by atoms with E-state index in [0.717, 1.165) is 16.7 Å². The van der Waals surface area contributed by atoms with Crippen LogP contribution in [0, 0.1) is 20.8 Å². The van der Waals surface area contributed by atoms with Gasteiger partial charge in [0.15, 0.2) is 5.78 Å². The SMILES string of the molecule is CC(=O)c1cc(C)cc(C)c1C. The Labute approximate surface area is 73.4 Å². The molecule has 12 heavy (non-hydrogen) atoms. The molecule has 0 bridgehead atoms. The number of Topliss-reactive ketones (excluding diaryl/α,β-unsaturated/α-hetero) is 1. The Morgan fingerprint density at radius 1 is 1.17 bits per heavy atom. The van der Waals surface area contributed by atoms with E-state index in [1.54, 1.807) is 6.92 Å². The van der Waals surface area contributed by atoms with Crippen molar-refractivity contribution in [3.8, 4) is 0 Å². The van der Waals surface area contributed by atoms with E-state index < -0.39 is 0 Å². The number of hydrogen-bond acceptors (Lipinski definition) is 1. The molecule has 0 amide bonds. The average Bonchev–Trinajstić information content (AvgIpc) is 1.96. The van der Waals surface area contributed by atoms with Crippen LogP contribution < -0.4 is 0 Å². The summed E-state index contributed by atoms with van der Waals surface area (Å²) in [5.41, 5.74) is 4.31. The van der Waals surface area contributed by atoms with Crippen molar-refractivity contribution in [1.29, 1.82) is 0 Å². The minimum Gasteiger partial charge on any atom is -0.295 e. The number of carbonyl (C=O) groups is 1. The van der Waals surface area contributed by atoms with Crippen molar-refractivity contribution in [3.05, 3.63) is 34.4 Å². The molecule has 0 fully saturated rings. The van der Waals surface area contributed by atoms with Gasteiger partial charge in [-0.05, 0) is 44.9 Å². The van der Waals surface area contributed by atoms with Gasteiger partial charge in [-0.1, -0.05) is 11.6 Å². The van der Waals surface area contributed by atoms with Crippen LogP contribution in [0.4, 0.5) is 0 Å². The molecule has 0 aromatic heterocycles. The summed E-state index contributed by atoms with van der Waals surface area (Å²) in [6, 6.07) is 4.05. The molecule has 1 heteroatoms. The third-order valence-electron chi connectivity index (χ3n) is 2.19. The summed E-state index contributed by atoms with van der Waals surface area (Å²) < 4.78 is 0. The first kappa shape index (κ1) is 8.98. The minimum absolute atomic E-state index is 0.152. The maximum Gasteiger partial charge on any atom is 0.160 e. The van der Waals surface area contributed by atoms with Crippen LogP contribution in [0.15, 0.2) is 12.1 Å². The van der Waals surface area contributed by atoms with Crippen molar-refractivity contribution in [2.24, 2.45) is 0 Å². The zero-order valence-corrected chi connectivity index (χ0v) is 8.06. The zero-order valence-electron chi connectivity index (χ0n) is 8.06. The average molecular weight is 162 g/mol. The van der Waals surface area contributed by atoms with E-state index in [4.69, 9.17) is 0 Å². The summed E-state index contributed by atoms with van der Waals surface area (Å²) in [4.78, 5) is 11.2. The fourth-order valence-corrected chi connectivity index (χ4v) is 1.41. The summed E-state index contributed by atoms with van der Waals surface area (Å²) in [6.45, 7) is 7.65. The lowest BCUT2D eigenvalue weighted by atomic mass is 9.98. The van der Waals surface area contributed by atoms with Crippen LogP contribution in [0.1, 0.15) is 34.0 Å². The van der Waals surface area contributed by atoms with Gasteiger partial charge in [0.1, 0.15) is 0 Å². The molecule has 0 aliphatic heterocycles. The van der Waals surface area contributed by atoms with Crippen LogP contribution in [-0.4, -0.2) is 5.78 Å². The van der Waals surface area contributed by atoms with Crippen LogP contribution in [0.5, 0.6) is 0 Å². The lowest BCUT2D eigenvalue weighted by Crippen LogP contribution is -1.98. The summed E-state index contributed by atoms with van der Waals surface area (Å²) in [5.74, 6) is 0.152. The van der Waals surface area contributed by atoms with Gasteiger partial charge in [0.05, 0.1) is 0 Å². The molecule has 0 heterocycles. The number of ketones is 1. The van der Waals surface area contributed by atoms with Gasteiger partial charge in [0.25, 0.3) is 0 Å². The highest BCUT2D eigenvalue weighted by molar-refractivity contribution is 5.96. The topological polar surface area (TPSA) is 17.1 Å². The number of rotatable bonds is 1. The second-order valence-electron chi connectivity index (χ2n) is 3.31. The Morgan fingerprint density at radius 2 is 1.75 bits per heavy atom. The second kappa shape index (κ2) is 3.10. The molecule has 0 unspecified atom stereocenters. The van der Waals surface area contributed by atoms with E-state index >= 15 is 0 Å². The van der Waals surface area contributed by atoms with Gasteiger partial charge < -0.3 is 0 Å². The van der Waals surface area contributed by atoms with Crippen LogP contribution in [-0.2, 0) is 0 Å². The van der Waals surface area contributed by atoms with Gasteiger partial charge in [-0.2, -0.15) is 0 Å². The molecule has 0 saturated heterocycles. The Kier molecular flexibility index (Phi) is 2.32. The van der Waals surface area contributed by atoms with E-state index in [-0.39, 0.29) is 5.78 Å². The Bertz CT molecular complexity index is 324. The first-order valence-electron chi connectivity index (χ1n) is 4.11. The van der Waals surface area contributed by atoms with Crippen molar-refractivity contribution in [3.63, 3.8) is 0 Å². The fraction of sp³-hybridized carbons (Fsp3) is 0.364. The molecule has 0 aliphatic rings. The zero-order chi connectivity index (χ0) is 9.30. The Balaban J connectivity index is 3.37. The molecule has 0 radical (unpaired) electrons. The first-order valence-corrected chi connectivity index (χ1v) is 4.11. The lowest BCUT2D eigenvalue weighted by molar-refractivity contribution is 0.101. The van der Waals surface area contributed by atoms with E-state index in [9.17, 15) is 4.79 Å².